The highest BCUT2D eigenvalue weighted by atomic mass is 32.2. The molecule has 3 heterocycles. The lowest BCUT2D eigenvalue weighted by atomic mass is 9.84. The van der Waals surface area contributed by atoms with Crippen molar-refractivity contribution in [2.75, 3.05) is 27.1 Å². The molecule has 0 spiro atoms. The number of nitrogens with one attached hydrogen (secondary N) is 1. The van der Waals surface area contributed by atoms with Crippen molar-refractivity contribution in [3.63, 3.8) is 0 Å². The topological polar surface area (TPSA) is 158 Å². The second-order valence-corrected chi connectivity index (χ2v) is 13.2. The standard InChI is InChI=1S/C36H43N3O9S/c1-21-9-8-12-25(40)11-7-5-6-10-22-15-27(41)32(33(43)31(22)35(44)48-21)26(23-16-28(45-2)34(47-4)29(17-23)46-3)18-30(42)37-19-24-20-39-13-14-49-36(39)38-24/h6,10,15-17,20-21,26,41,43H,5,7-9,11-14,18-19H2,1-4H3,(H,37,42). The Bertz CT molecular complexity index is 1690. The summed E-state index contributed by atoms with van der Waals surface area (Å²) in [5, 5.41) is 27.3. The molecule has 1 amide bonds. The van der Waals surface area contributed by atoms with Gasteiger partial charge < -0.3 is 39.0 Å². The molecule has 2 aliphatic rings. The molecule has 2 aromatic carbocycles. The fraction of sp³-hybridized carbons (Fsp3) is 0.444. The smallest absolute Gasteiger partial charge is 0.342 e. The molecule has 0 fully saturated rings. The van der Waals surface area contributed by atoms with Crippen LogP contribution in [0.15, 0.2) is 35.6 Å². The molecule has 13 heteroatoms. The Kier molecular flexibility index (Phi) is 11.8. The molecule has 1 aromatic heterocycles. The zero-order chi connectivity index (χ0) is 35.1. The third-order valence-corrected chi connectivity index (χ3v) is 9.67. The molecule has 2 aliphatic heterocycles. The number of fused-ring (bicyclic) bond motifs is 2. The van der Waals surface area contributed by atoms with Gasteiger partial charge in [-0.2, -0.15) is 0 Å². The number of aromatic nitrogens is 2. The third-order valence-electron chi connectivity index (χ3n) is 8.70. The number of hydrogen-bond donors (Lipinski definition) is 3. The third kappa shape index (κ3) is 8.33. The van der Waals surface area contributed by atoms with Gasteiger partial charge in [-0.15, -0.1) is 0 Å². The van der Waals surface area contributed by atoms with Crippen LogP contribution >= 0.6 is 11.8 Å². The summed E-state index contributed by atoms with van der Waals surface area (Å²) in [7, 11) is 4.39. The Balaban J connectivity index is 1.57. The molecular formula is C36H43N3O9S. The van der Waals surface area contributed by atoms with E-state index in [1.165, 1.54) is 27.4 Å². The molecule has 0 bridgehead atoms. The fourth-order valence-electron chi connectivity index (χ4n) is 6.20. The normalized spacial score (nSPS) is 17.3. The zero-order valence-corrected chi connectivity index (χ0v) is 29.1. The monoisotopic (exact) mass is 693 g/mol. The Morgan fingerprint density at radius 3 is 2.53 bits per heavy atom. The molecule has 0 aliphatic carbocycles. The number of aromatic hydroxyl groups is 2. The van der Waals surface area contributed by atoms with Crippen LogP contribution in [0.3, 0.4) is 0 Å². The van der Waals surface area contributed by atoms with Gasteiger partial charge >= 0.3 is 5.97 Å². The predicted molar refractivity (Wildman–Crippen MR) is 184 cm³/mol. The van der Waals surface area contributed by atoms with Crippen molar-refractivity contribution >= 4 is 35.5 Å². The number of imidazole rings is 1. The van der Waals surface area contributed by atoms with E-state index in [1.807, 2.05) is 10.8 Å². The molecule has 262 valence electrons. The average molecular weight is 694 g/mol. The molecule has 5 rings (SSSR count). The van der Waals surface area contributed by atoms with E-state index in [1.54, 1.807) is 43.0 Å². The molecule has 49 heavy (non-hydrogen) atoms. The number of thioether (sulfide) groups is 1. The second kappa shape index (κ2) is 16.2. The Labute approximate surface area is 289 Å². The molecule has 0 radical (unpaired) electrons. The molecule has 12 nitrogen and oxygen atoms in total. The number of Topliss-reactive ketones (excluding diaryl/α,β-unsaturated/α-hetero) is 1. The number of rotatable bonds is 9. The van der Waals surface area contributed by atoms with Gasteiger partial charge in [0.15, 0.2) is 16.7 Å². The molecule has 2 unspecified atom stereocenters. The molecule has 2 atom stereocenters. The van der Waals surface area contributed by atoms with Crippen LogP contribution in [0.4, 0.5) is 0 Å². The summed E-state index contributed by atoms with van der Waals surface area (Å²) >= 11 is 1.66. The highest BCUT2D eigenvalue weighted by molar-refractivity contribution is 7.99. The quantitative estimate of drug-likeness (QED) is 0.235. The number of nitrogens with zero attached hydrogens (tertiary/aromatic N) is 2. The van der Waals surface area contributed by atoms with E-state index < -0.39 is 23.7 Å². The Morgan fingerprint density at radius 2 is 1.84 bits per heavy atom. The maximum atomic E-state index is 13.7. The summed E-state index contributed by atoms with van der Waals surface area (Å²) in [6.45, 7) is 2.78. The number of ether oxygens (including phenoxy) is 4. The van der Waals surface area contributed by atoms with Crippen molar-refractivity contribution in [3.8, 4) is 28.7 Å². The number of carbonyl (C=O) groups is 3. The number of phenolic OH excluding ortho intramolecular Hbond substituents is 2. The Morgan fingerprint density at radius 1 is 1.10 bits per heavy atom. The summed E-state index contributed by atoms with van der Waals surface area (Å²) < 4.78 is 24.5. The first-order valence-electron chi connectivity index (χ1n) is 16.4. The summed E-state index contributed by atoms with van der Waals surface area (Å²) in [6, 6.07) is 4.67. The van der Waals surface area contributed by atoms with Crippen molar-refractivity contribution in [1.82, 2.24) is 14.9 Å². The van der Waals surface area contributed by atoms with Crippen LogP contribution in [0.25, 0.3) is 6.08 Å². The van der Waals surface area contributed by atoms with E-state index in [9.17, 15) is 24.6 Å². The first kappa shape index (κ1) is 35.7. The minimum absolute atomic E-state index is 0.0368. The van der Waals surface area contributed by atoms with E-state index in [4.69, 9.17) is 18.9 Å². The van der Waals surface area contributed by atoms with Crippen molar-refractivity contribution in [2.45, 2.75) is 82.1 Å². The van der Waals surface area contributed by atoms with E-state index in [0.717, 1.165) is 17.5 Å². The minimum atomic E-state index is -0.977. The van der Waals surface area contributed by atoms with Crippen molar-refractivity contribution in [2.24, 2.45) is 0 Å². The lowest BCUT2D eigenvalue weighted by Gasteiger charge is -2.24. The van der Waals surface area contributed by atoms with Gasteiger partial charge in [-0.3, -0.25) is 9.59 Å². The number of allylic oxidation sites excluding steroid dienone is 1. The fourth-order valence-corrected chi connectivity index (χ4v) is 7.16. The van der Waals surface area contributed by atoms with Crippen LogP contribution in [0.5, 0.6) is 28.7 Å². The van der Waals surface area contributed by atoms with Crippen LogP contribution in [0.2, 0.25) is 0 Å². The van der Waals surface area contributed by atoms with Crippen molar-refractivity contribution < 1.29 is 43.5 Å². The number of aryl methyl sites for hydroxylation is 1. The second-order valence-electron chi connectivity index (χ2n) is 12.1. The van der Waals surface area contributed by atoms with E-state index in [2.05, 4.69) is 10.3 Å². The molecule has 0 saturated heterocycles. The summed E-state index contributed by atoms with van der Waals surface area (Å²) in [4.78, 5) is 44.1. The lowest BCUT2D eigenvalue weighted by Crippen LogP contribution is -2.25. The maximum Gasteiger partial charge on any atom is 0.342 e. The number of esters is 1. The average Bonchev–Trinajstić information content (AvgIpc) is 3.68. The van der Waals surface area contributed by atoms with E-state index >= 15 is 0 Å². The number of phenols is 2. The number of carbonyl (C=O) groups excluding carboxylic acids is 3. The molecular weight excluding hydrogens is 650 g/mol. The number of amides is 1. The number of benzene rings is 2. The van der Waals surface area contributed by atoms with Gasteiger partial charge in [0.05, 0.1) is 39.7 Å². The van der Waals surface area contributed by atoms with E-state index in [-0.39, 0.29) is 47.1 Å². The molecule has 0 saturated carbocycles. The predicted octanol–water partition coefficient (Wildman–Crippen LogP) is 5.75. The summed E-state index contributed by atoms with van der Waals surface area (Å²) in [5.74, 6) is -0.920. The van der Waals surface area contributed by atoms with Gasteiger partial charge in [0.25, 0.3) is 0 Å². The minimum Gasteiger partial charge on any atom is -0.507 e. The number of ketones is 1. The first-order chi connectivity index (χ1) is 23.6. The van der Waals surface area contributed by atoms with Crippen LogP contribution in [0.1, 0.15) is 90.5 Å². The van der Waals surface area contributed by atoms with E-state index in [0.29, 0.717) is 67.0 Å². The van der Waals surface area contributed by atoms with Crippen LogP contribution in [-0.2, 0) is 27.4 Å². The highest BCUT2D eigenvalue weighted by Gasteiger charge is 2.32. The number of methoxy groups -OCH3 is 3. The van der Waals surface area contributed by atoms with Gasteiger partial charge in [0.1, 0.15) is 22.8 Å². The number of hydrogen-bond acceptors (Lipinski definition) is 11. The van der Waals surface area contributed by atoms with Gasteiger partial charge in [0, 0.05) is 49.2 Å². The van der Waals surface area contributed by atoms with Gasteiger partial charge in [-0.25, -0.2) is 9.78 Å². The molecule has 3 aromatic rings. The first-order valence-corrected chi connectivity index (χ1v) is 17.4. The molecule has 3 N–H and O–H groups in total. The number of cyclic esters (lactones) is 1. The SMILES string of the molecule is COc1cc(C(CC(=O)NCc2cn3c(n2)SCC3)c2c(O)cc3c(c2O)C(=O)OC(C)CCCC(=O)CCCC=C3)cc(OC)c1OC. The van der Waals surface area contributed by atoms with Crippen LogP contribution in [0, 0.1) is 0 Å². The van der Waals surface area contributed by atoms with Crippen molar-refractivity contribution in [1.29, 1.82) is 0 Å². The summed E-state index contributed by atoms with van der Waals surface area (Å²) in [6.07, 6.45) is 7.67. The Hall–Kier alpha value is -4.65. The van der Waals surface area contributed by atoms with Crippen molar-refractivity contribution in [3.05, 3.63) is 58.4 Å². The van der Waals surface area contributed by atoms with Crippen LogP contribution in [-0.4, -0.2) is 70.6 Å². The summed E-state index contributed by atoms with van der Waals surface area (Å²) in [5.41, 5.74) is 1.25. The lowest BCUT2D eigenvalue weighted by molar-refractivity contribution is -0.121. The zero-order valence-electron chi connectivity index (χ0n) is 28.2. The van der Waals surface area contributed by atoms with Gasteiger partial charge in [0.2, 0.25) is 11.7 Å². The van der Waals surface area contributed by atoms with Crippen LogP contribution < -0.4 is 19.5 Å². The van der Waals surface area contributed by atoms with Gasteiger partial charge in [-0.05, 0) is 61.9 Å². The maximum absolute atomic E-state index is 13.7. The largest absolute Gasteiger partial charge is 0.507 e. The van der Waals surface area contributed by atoms with Gasteiger partial charge in [-0.1, -0.05) is 23.9 Å². The highest BCUT2D eigenvalue weighted by Crippen LogP contribution is 2.47.